The number of rotatable bonds is 10. The number of aliphatic hydroxyl groups excluding tert-OH is 2. The predicted molar refractivity (Wildman–Crippen MR) is 101 cm³/mol. The molecule has 0 radical (unpaired) electrons. The van der Waals surface area contributed by atoms with E-state index in [9.17, 15) is 0 Å². The number of hydrogen-bond acceptors (Lipinski definition) is 6. The lowest BCUT2D eigenvalue weighted by molar-refractivity contribution is -0.119. The van der Waals surface area contributed by atoms with Crippen molar-refractivity contribution in [2.75, 3.05) is 39.6 Å². The second kappa shape index (κ2) is 13.9. The zero-order chi connectivity index (χ0) is 19.4. The molecule has 6 atom stereocenters. The number of hydrogen-bond donors (Lipinski definition) is 2. The van der Waals surface area contributed by atoms with Crippen LogP contribution in [0.15, 0.2) is 0 Å². The summed E-state index contributed by atoms with van der Waals surface area (Å²) < 4.78 is 21.9. The molecule has 2 heterocycles. The van der Waals surface area contributed by atoms with Crippen LogP contribution in [0.4, 0.5) is 0 Å². The zero-order valence-electron chi connectivity index (χ0n) is 17.1. The summed E-state index contributed by atoms with van der Waals surface area (Å²) in [5.74, 6) is 2.00. The van der Waals surface area contributed by atoms with Crippen LogP contribution in [-0.2, 0) is 18.9 Å². The first kappa shape index (κ1) is 23.8. The Labute approximate surface area is 159 Å². The van der Waals surface area contributed by atoms with Crippen molar-refractivity contribution in [1.82, 2.24) is 0 Å². The molecule has 2 aliphatic heterocycles. The Morgan fingerprint density at radius 2 is 1.46 bits per heavy atom. The molecule has 6 nitrogen and oxygen atoms in total. The van der Waals surface area contributed by atoms with Crippen LogP contribution in [-0.4, -0.2) is 62.4 Å². The van der Waals surface area contributed by atoms with E-state index in [1.54, 1.807) is 0 Å². The molecule has 0 aromatic carbocycles. The van der Waals surface area contributed by atoms with Crippen molar-refractivity contribution in [2.24, 2.45) is 23.7 Å². The molecule has 0 bridgehead atoms. The van der Waals surface area contributed by atoms with Gasteiger partial charge in [0, 0.05) is 26.1 Å². The van der Waals surface area contributed by atoms with Gasteiger partial charge < -0.3 is 29.2 Å². The third-order valence-corrected chi connectivity index (χ3v) is 4.74. The molecule has 0 aliphatic carbocycles. The van der Waals surface area contributed by atoms with Gasteiger partial charge in [0.1, 0.15) is 0 Å². The van der Waals surface area contributed by atoms with Gasteiger partial charge in [0.2, 0.25) is 0 Å². The Morgan fingerprint density at radius 3 is 1.92 bits per heavy atom. The van der Waals surface area contributed by atoms with Gasteiger partial charge in [-0.3, -0.25) is 0 Å². The summed E-state index contributed by atoms with van der Waals surface area (Å²) in [4.78, 5) is 0. The van der Waals surface area contributed by atoms with Crippen molar-refractivity contribution < 1.29 is 29.2 Å². The summed E-state index contributed by atoms with van der Waals surface area (Å²) in [6.45, 7) is 11.9. The molecule has 2 N–H and O–H groups in total. The third-order valence-electron chi connectivity index (χ3n) is 4.74. The van der Waals surface area contributed by atoms with Crippen LogP contribution in [0, 0.1) is 23.7 Å². The first-order valence-electron chi connectivity index (χ1n) is 10.1. The van der Waals surface area contributed by atoms with Crippen LogP contribution in [0.25, 0.3) is 0 Å². The van der Waals surface area contributed by atoms with Gasteiger partial charge >= 0.3 is 0 Å². The van der Waals surface area contributed by atoms with Gasteiger partial charge in [-0.15, -0.1) is 0 Å². The lowest BCUT2D eigenvalue weighted by Crippen LogP contribution is -2.16. The average Bonchev–Trinajstić information content (AvgIpc) is 3.22. The minimum absolute atomic E-state index is 0.000827. The van der Waals surface area contributed by atoms with E-state index in [1.807, 2.05) is 6.92 Å². The summed E-state index contributed by atoms with van der Waals surface area (Å²) in [6.07, 6.45) is 3.73. The molecule has 0 spiro atoms. The first-order chi connectivity index (χ1) is 12.4. The van der Waals surface area contributed by atoms with Gasteiger partial charge in [-0.1, -0.05) is 27.7 Å². The molecule has 0 amide bonds. The monoisotopic (exact) mass is 376 g/mol. The summed E-state index contributed by atoms with van der Waals surface area (Å²) in [6, 6.07) is 0. The van der Waals surface area contributed by atoms with Crippen molar-refractivity contribution in [3.63, 3.8) is 0 Å². The quantitative estimate of drug-likeness (QED) is 0.610. The van der Waals surface area contributed by atoms with E-state index < -0.39 is 0 Å². The van der Waals surface area contributed by atoms with Crippen LogP contribution in [0.5, 0.6) is 0 Å². The SMILES string of the molecule is CC(CCO)COC1CC(C)CO1.CC(CO)CCOC1CC(C)CO1. The van der Waals surface area contributed by atoms with Gasteiger partial charge in [0.05, 0.1) is 26.4 Å². The fraction of sp³-hybridized carbons (Fsp3) is 1.00. The Hall–Kier alpha value is -0.240. The zero-order valence-corrected chi connectivity index (χ0v) is 17.1. The highest BCUT2D eigenvalue weighted by atomic mass is 16.7. The molecule has 2 saturated heterocycles. The first-order valence-corrected chi connectivity index (χ1v) is 10.1. The molecule has 0 aromatic rings. The average molecular weight is 377 g/mol. The van der Waals surface area contributed by atoms with E-state index in [0.29, 0.717) is 36.9 Å². The molecule has 156 valence electrons. The minimum Gasteiger partial charge on any atom is -0.396 e. The highest BCUT2D eigenvalue weighted by molar-refractivity contribution is 4.64. The lowest BCUT2D eigenvalue weighted by atomic mass is 10.1. The summed E-state index contributed by atoms with van der Waals surface area (Å²) in [5.41, 5.74) is 0. The second-order valence-corrected chi connectivity index (χ2v) is 8.11. The predicted octanol–water partition coefficient (Wildman–Crippen LogP) is 2.81. The second-order valence-electron chi connectivity index (χ2n) is 8.11. The molecule has 26 heavy (non-hydrogen) atoms. The van der Waals surface area contributed by atoms with Crippen LogP contribution in [0.3, 0.4) is 0 Å². The van der Waals surface area contributed by atoms with Gasteiger partial charge in [-0.05, 0) is 36.5 Å². The highest BCUT2D eigenvalue weighted by Crippen LogP contribution is 2.21. The van der Waals surface area contributed by atoms with Gasteiger partial charge in [0.25, 0.3) is 0 Å². The fourth-order valence-electron chi connectivity index (χ4n) is 2.77. The third kappa shape index (κ3) is 10.8. The van der Waals surface area contributed by atoms with Gasteiger partial charge in [-0.25, -0.2) is 0 Å². The Balaban J connectivity index is 0.000000260. The minimum atomic E-state index is -0.00357. The molecular weight excluding hydrogens is 336 g/mol. The summed E-state index contributed by atoms with van der Waals surface area (Å²) >= 11 is 0. The molecule has 2 fully saturated rings. The van der Waals surface area contributed by atoms with E-state index in [0.717, 1.165) is 38.9 Å². The van der Waals surface area contributed by atoms with Gasteiger partial charge in [0.15, 0.2) is 12.6 Å². The number of ether oxygens (including phenoxy) is 4. The molecule has 6 heteroatoms. The molecular formula is C20H40O6. The molecule has 2 rings (SSSR count). The van der Waals surface area contributed by atoms with Crippen molar-refractivity contribution in [1.29, 1.82) is 0 Å². The van der Waals surface area contributed by atoms with E-state index in [-0.39, 0.29) is 25.8 Å². The van der Waals surface area contributed by atoms with Crippen LogP contribution in [0.2, 0.25) is 0 Å². The highest BCUT2D eigenvalue weighted by Gasteiger charge is 2.23. The van der Waals surface area contributed by atoms with E-state index in [4.69, 9.17) is 29.2 Å². The van der Waals surface area contributed by atoms with Crippen LogP contribution < -0.4 is 0 Å². The largest absolute Gasteiger partial charge is 0.396 e. The van der Waals surface area contributed by atoms with Crippen LogP contribution in [0.1, 0.15) is 53.4 Å². The molecule has 2 aliphatic rings. The maximum atomic E-state index is 8.78. The van der Waals surface area contributed by atoms with Crippen molar-refractivity contribution >= 4 is 0 Å². The number of aliphatic hydroxyl groups is 2. The fourth-order valence-corrected chi connectivity index (χ4v) is 2.77. The lowest BCUT2D eigenvalue weighted by Gasteiger charge is -2.14. The summed E-state index contributed by atoms with van der Waals surface area (Å²) in [7, 11) is 0. The molecule has 0 aromatic heterocycles. The van der Waals surface area contributed by atoms with E-state index >= 15 is 0 Å². The topological polar surface area (TPSA) is 77.4 Å². The van der Waals surface area contributed by atoms with E-state index in [1.165, 1.54) is 0 Å². The Morgan fingerprint density at radius 1 is 0.885 bits per heavy atom. The summed E-state index contributed by atoms with van der Waals surface area (Å²) in [5, 5.41) is 17.5. The standard InChI is InChI=1S/2C10H20O3/c1-8(6-11)3-4-12-10-5-9(2)7-13-10;1-8(3-4-11)6-12-10-5-9(2)7-13-10/h2*8-11H,3-7H2,1-2H3. The maximum absolute atomic E-state index is 8.78. The van der Waals surface area contributed by atoms with Crippen LogP contribution >= 0.6 is 0 Å². The smallest absolute Gasteiger partial charge is 0.157 e. The maximum Gasteiger partial charge on any atom is 0.157 e. The van der Waals surface area contributed by atoms with Crippen molar-refractivity contribution in [2.45, 2.75) is 66.0 Å². The Kier molecular flexibility index (Phi) is 12.7. The molecule has 6 unspecified atom stereocenters. The van der Waals surface area contributed by atoms with E-state index in [2.05, 4.69) is 20.8 Å². The van der Waals surface area contributed by atoms with Crippen molar-refractivity contribution in [3.05, 3.63) is 0 Å². The van der Waals surface area contributed by atoms with Gasteiger partial charge in [-0.2, -0.15) is 0 Å². The molecule has 0 saturated carbocycles. The normalized spacial score (nSPS) is 30.7. The van der Waals surface area contributed by atoms with Crippen molar-refractivity contribution in [3.8, 4) is 0 Å². The Bertz CT molecular complexity index is 340.